The molecule has 0 aliphatic heterocycles. The standard InChI is InChI=1S/C20H24N2O3/c1-24-17-6-2-3-7-18(17)25-16-10-8-15(9-11-16)14-22-19(23)20(21)12-4-5-13-20/h2-3,6-11H,4-5,12-14,21H2,1H3,(H,22,23). The molecule has 0 radical (unpaired) electrons. The number of hydrogen-bond acceptors (Lipinski definition) is 4. The Morgan fingerprint density at radius 3 is 2.36 bits per heavy atom. The van der Waals surface area contributed by atoms with Crippen LogP contribution < -0.4 is 20.5 Å². The van der Waals surface area contributed by atoms with Gasteiger partial charge in [-0.15, -0.1) is 0 Å². The number of nitrogens with one attached hydrogen (secondary N) is 1. The first-order chi connectivity index (χ1) is 12.1. The second kappa shape index (κ2) is 7.57. The van der Waals surface area contributed by atoms with Crippen LogP contribution in [0, 0.1) is 0 Å². The minimum atomic E-state index is -0.688. The highest BCUT2D eigenvalue weighted by Crippen LogP contribution is 2.31. The van der Waals surface area contributed by atoms with Crippen molar-refractivity contribution in [1.29, 1.82) is 0 Å². The summed E-state index contributed by atoms with van der Waals surface area (Å²) in [7, 11) is 1.61. The number of hydrogen-bond donors (Lipinski definition) is 2. The molecule has 5 nitrogen and oxygen atoms in total. The molecule has 0 aromatic heterocycles. The Labute approximate surface area is 148 Å². The summed E-state index contributed by atoms with van der Waals surface area (Å²) >= 11 is 0. The third kappa shape index (κ3) is 4.12. The van der Waals surface area contributed by atoms with Crippen molar-refractivity contribution in [3.63, 3.8) is 0 Å². The summed E-state index contributed by atoms with van der Waals surface area (Å²) in [5.41, 5.74) is 6.47. The van der Waals surface area contributed by atoms with Gasteiger partial charge in [0, 0.05) is 6.54 Å². The zero-order valence-corrected chi connectivity index (χ0v) is 14.5. The average Bonchev–Trinajstić information content (AvgIpc) is 3.09. The summed E-state index contributed by atoms with van der Waals surface area (Å²) in [4.78, 5) is 12.2. The number of rotatable bonds is 6. The van der Waals surface area contributed by atoms with E-state index in [-0.39, 0.29) is 5.91 Å². The van der Waals surface area contributed by atoms with Gasteiger partial charge in [-0.1, -0.05) is 37.1 Å². The van der Waals surface area contributed by atoms with Crippen LogP contribution in [0.3, 0.4) is 0 Å². The van der Waals surface area contributed by atoms with Gasteiger partial charge in [-0.25, -0.2) is 0 Å². The van der Waals surface area contributed by atoms with Crippen molar-refractivity contribution in [3.05, 3.63) is 54.1 Å². The van der Waals surface area contributed by atoms with Crippen LogP contribution in [0.15, 0.2) is 48.5 Å². The fourth-order valence-corrected chi connectivity index (χ4v) is 3.10. The molecule has 0 atom stereocenters. The van der Waals surface area contributed by atoms with E-state index in [4.69, 9.17) is 15.2 Å². The Hall–Kier alpha value is -2.53. The molecule has 2 aromatic rings. The van der Waals surface area contributed by atoms with Crippen LogP contribution in [0.25, 0.3) is 0 Å². The summed E-state index contributed by atoms with van der Waals surface area (Å²) < 4.78 is 11.1. The van der Waals surface area contributed by atoms with E-state index in [0.29, 0.717) is 23.8 Å². The SMILES string of the molecule is COc1ccccc1Oc1ccc(CNC(=O)C2(N)CCCC2)cc1. The zero-order valence-electron chi connectivity index (χ0n) is 14.5. The van der Waals surface area contributed by atoms with Crippen LogP contribution in [0.5, 0.6) is 17.2 Å². The number of amides is 1. The fraction of sp³-hybridized carbons (Fsp3) is 0.350. The lowest BCUT2D eigenvalue weighted by Gasteiger charge is -2.22. The van der Waals surface area contributed by atoms with Gasteiger partial charge < -0.3 is 20.5 Å². The number of para-hydroxylation sites is 2. The molecule has 0 spiro atoms. The molecule has 0 saturated heterocycles. The molecule has 3 rings (SSSR count). The number of carbonyl (C=O) groups excluding carboxylic acids is 1. The molecule has 1 aliphatic carbocycles. The van der Waals surface area contributed by atoms with Gasteiger partial charge >= 0.3 is 0 Å². The number of ether oxygens (including phenoxy) is 2. The molecule has 0 unspecified atom stereocenters. The Morgan fingerprint density at radius 1 is 1.08 bits per heavy atom. The van der Waals surface area contributed by atoms with E-state index in [1.807, 2.05) is 48.5 Å². The van der Waals surface area contributed by atoms with Crippen molar-refractivity contribution in [2.24, 2.45) is 5.73 Å². The zero-order chi connectivity index (χ0) is 17.7. The van der Waals surface area contributed by atoms with Gasteiger partial charge in [0.05, 0.1) is 12.6 Å². The highest BCUT2D eigenvalue weighted by molar-refractivity contribution is 5.86. The van der Waals surface area contributed by atoms with E-state index in [1.54, 1.807) is 7.11 Å². The smallest absolute Gasteiger partial charge is 0.240 e. The molecule has 1 amide bonds. The molecule has 1 aliphatic rings. The van der Waals surface area contributed by atoms with Crippen LogP contribution in [-0.2, 0) is 11.3 Å². The Bertz CT molecular complexity index is 722. The Balaban J connectivity index is 1.58. The van der Waals surface area contributed by atoms with E-state index < -0.39 is 5.54 Å². The van der Waals surface area contributed by atoms with Gasteiger partial charge in [0.2, 0.25) is 5.91 Å². The number of nitrogens with two attached hydrogens (primary N) is 1. The van der Waals surface area contributed by atoms with E-state index in [2.05, 4.69) is 5.32 Å². The van der Waals surface area contributed by atoms with E-state index in [9.17, 15) is 4.79 Å². The second-order valence-electron chi connectivity index (χ2n) is 6.44. The van der Waals surface area contributed by atoms with Crippen LogP contribution in [0.2, 0.25) is 0 Å². The maximum atomic E-state index is 12.2. The average molecular weight is 340 g/mol. The molecule has 1 fully saturated rings. The van der Waals surface area contributed by atoms with Gasteiger partial charge in [-0.05, 0) is 42.7 Å². The van der Waals surface area contributed by atoms with Crippen LogP contribution in [0.4, 0.5) is 0 Å². The molecular weight excluding hydrogens is 316 g/mol. The predicted octanol–water partition coefficient (Wildman–Crippen LogP) is 3.38. The van der Waals surface area contributed by atoms with Crippen molar-refractivity contribution in [2.75, 3.05) is 7.11 Å². The largest absolute Gasteiger partial charge is 0.493 e. The first kappa shape index (κ1) is 17.3. The lowest BCUT2D eigenvalue weighted by atomic mass is 9.98. The highest BCUT2D eigenvalue weighted by atomic mass is 16.5. The molecule has 5 heteroatoms. The maximum Gasteiger partial charge on any atom is 0.240 e. The Kier molecular flexibility index (Phi) is 5.24. The van der Waals surface area contributed by atoms with Crippen LogP contribution >= 0.6 is 0 Å². The minimum absolute atomic E-state index is 0.0562. The van der Waals surface area contributed by atoms with Gasteiger partial charge in [-0.2, -0.15) is 0 Å². The number of benzene rings is 2. The third-order valence-corrected chi connectivity index (χ3v) is 4.62. The lowest BCUT2D eigenvalue weighted by Crippen LogP contribution is -2.51. The summed E-state index contributed by atoms with van der Waals surface area (Å²) in [6.45, 7) is 0.465. The summed E-state index contributed by atoms with van der Waals surface area (Å²) in [5.74, 6) is 2.01. The van der Waals surface area contributed by atoms with Gasteiger partial charge in [-0.3, -0.25) is 4.79 Å². The summed E-state index contributed by atoms with van der Waals surface area (Å²) in [6.07, 6.45) is 3.59. The Morgan fingerprint density at radius 2 is 1.72 bits per heavy atom. The van der Waals surface area contributed by atoms with Crippen molar-refractivity contribution in [1.82, 2.24) is 5.32 Å². The molecule has 0 bridgehead atoms. The summed E-state index contributed by atoms with van der Waals surface area (Å²) in [5, 5.41) is 2.94. The monoisotopic (exact) mass is 340 g/mol. The van der Waals surface area contributed by atoms with Crippen molar-refractivity contribution >= 4 is 5.91 Å². The van der Waals surface area contributed by atoms with Gasteiger partial charge in [0.25, 0.3) is 0 Å². The van der Waals surface area contributed by atoms with Crippen molar-refractivity contribution in [2.45, 2.75) is 37.8 Å². The maximum absolute atomic E-state index is 12.2. The van der Waals surface area contributed by atoms with E-state index >= 15 is 0 Å². The second-order valence-corrected chi connectivity index (χ2v) is 6.44. The van der Waals surface area contributed by atoms with Crippen LogP contribution in [-0.4, -0.2) is 18.6 Å². The lowest BCUT2D eigenvalue weighted by molar-refractivity contribution is -0.126. The minimum Gasteiger partial charge on any atom is -0.493 e. The normalized spacial score (nSPS) is 15.6. The van der Waals surface area contributed by atoms with E-state index in [1.165, 1.54) is 0 Å². The summed E-state index contributed by atoms with van der Waals surface area (Å²) in [6, 6.07) is 15.1. The molecule has 132 valence electrons. The van der Waals surface area contributed by atoms with Crippen LogP contribution in [0.1, 0.15) is 31.2 Å². The molecule has 25 heavy (non-hydrogen) atoms. The molecule has 0 heterocycles. The molecule has 1 saturated carbocycles. The highest BCUT2D eigenvalue weighted by Gasteiger charge is 2.36. The fourth-order valence-electron chi connectivity index (χ4n) is 3.10. The quantitative estimate of drug-likeness (QED) is 0.845. The first-order valence-electron chi connectivity index (χ1n) is 8.58. The number of methoxy groups -OCH3 is 1. The topological polar surface area (TPSA) is 73.6 Å². The molecule has 3 N–H and O–H groups in total. The van der Waals surface area contributed by atoms with Gasteiger partial charge in [0.1, 0.15) is 5.75 Å². The van der Waals surface area contributed by atoms with Crippen molar-refractivity contribution in [3.8, 4) is 17.2 Å². The molecule has 2 aromatic carbocycles. The predicted molar refractivity (Wildman–Crippen MR) is 96.7 cm³/mol. The molecular formula is C20H24N2O3. The number of carbonyl (C=O) groups is 1. The van der Waals surface area contributed by atoms with Crippen molar-refractivity contribution < 1.29 is 14.3 Å². The van der Waals surface area contributed by atoms with Gasteiger partial charge in [0.15, 0.2) is 11.5 Å². The third-order valence-electron chi connectivity index (χ3n) is 4.62. The first-order valence-corrected chi connectivity index (χ1v) is 8.58. The van der Waals surface area contributed by atoms with E-state index in [0.717, 1.165) is 31.2 Å².